The van der Waals surface area contributed by atoms with E-state index in [1.807, 2.05) is 0 Å². The molecule has 0 spiro atoms. The second-order valence-electron chi connectivity index (χ2n) is 4.69. The summed E-state index contributed by atoms with van der Waals surface area (Å²) in [6.45, 7) is 1.81. The van der Waals surface area contributed by atoms with Gasteiger partial charge < -0.3 is 10.5 Å². The Hall–Kier alpha value is -2.45. The summed E-state index contributed by atoms with van der Waals surface area (Å²) in [6.07, 6.45) is 0. The first kappa shape index (κ1) is 14.9. The predicted molar refractivity (Wildman–Crippen MR) is 74.4 cm³/mol. The maximum Gasteiger partial charge on any atom is 0.140 e. The number of ether oxygens (including phenoxy) is 1. The van der Waals surface area contributed by atoms with Gasteiger partial charge in [-0.1, -0.05) is 12.1 Å². The normalized spacial score (nSPS) is 11.8. The van der Waals surface area contributed by atoms with E-state index in [-0.39, 0.29) is 12.2 Å². The van der Waals surface area contributed by atoms with Crippen molar-refractivity contribution in [2.24, 2.45) is 5.73 Å². The lowest BCUT2D eigenvalue weighted by Gasteiger charge is -2.10. The molecule has 108 valence electrons. The molecule has 2 aromatic rings. The van der Waals surface area contributed by atoms with Gasteiger partial charge in [0.05, 0.1) is 5.56 Å². The van der Waals surface area contributed by atoms with Gasteiger partial charge in [0.25, 0.3) is 0 Å². The number of halogens is 2. The van der Waals surface area contributed by atoms with E-state index >= 15 is 0 Å². The van der Waals surface area contributed by atoms with E-state index in [0.717, 1.165) is 0 Å². The molecular formula is C16H14F2N2O. The van der Waals surface area contributed by atoms with Gasteiger partial charge in [0.15, 0.2) is 0 Å². The van der Waals surface area contributed by atoms with Crippen molar-refractivity contribution in [2.45, 2.75) is 19.6 Å². The van der Waals surface area contributed by atoms with Crippen LogP contribution in [0.15, 0.2) is 36.4 Å². The van der Waals surface area contributed by atoms with Crippen LogP contribution < -0.4 is 10.5 Å². The summed E-state index contributed by atoms with van der Waals surface area (Å²) in [4.78, 5) is 0. The number of hydrogen-bond acceptors (Lipinski definition) is 3. The molecule has 0 saturated carbocycles. The molecule has 0 aliphatic heterocycles. The molecule has 0 aliphatic rings. The molecule has 0 amide bonds. The van der Waals surface area contributed by atoms with Crippen LogP contribution in [0.1, 0.15) is 29.7 Å². The number of rotatable bonds is 4. The van der Waals surface area contributed by atoms with Crippen molar-refractivity contribution in [1.82, 2.24) is 0 Å². The largest absolute Gasteiger partial charge is 0.489 e. The monoisotopic (exact) mass is 288 g/mol. The Kier molecular flexibility index (Phi) is 4.51. The van der Waals surface area contributed by atoms with E-state index in [9.17, 15) is 8.78 Å². The molecule has 0 radical (unpaired) electrons. The van der Waals surface area contributed by atoms with Gasteiger partial charge in [-0.05, 0) is 30.7 Å². The Morgan fingerprint density at radius 2 is 1.95 bits per heavy atom. The van der Waals surface area contributed by atoms with Crippen LogP contribution in [0.5, 0.6) is 5.75 Å². The zero-order chi connectivity index (χ0) is 15.4. The number of benzene rings is 2. The summed E-state index contributed by atoms with van der Waals surface area (Å²) >= 11 is 0. The van der Waals surface area contributed by atoms with Crippen molar-refractivity contribution in [3.05, 3.63) is 64.7 Å². The van der Waals surface area contributed by atoms with Crippen LogP contribution in [0.3, 0.4) is 0 Å². The molecule has 0 aromatic heterocycles. The summed E-state index contributed by atoms with van der Waals surface area (Å²) in [5.41, 5.74) is 6.62. The zero-order valence-corrected chi connectivity index (χ0v) is 11.4. The molecule has 21 heavy (non-hydrogen) atoms. The van der Waals surface area contributed by atoms with E-state index in [1.165, 1.54) is 24.3 Å². The van der Waals surface area contributed by atoms with Gasteiger partial charge in [0.1, 0.15) is 30.1 Å². The molecule has 2 N–H and O–H groups in total. The smallest absolute Gasteiger partial charge is 0.140 e. The minimum atomic E-state index is -0.575. The molecule has 3 nitrogen and oxygen atoms in total. The second-order valence-corrected chi connectivity index (χ2v) is 4.69. The highest BCUT2D eigenvalue weighted by atomic mass is 19.1. The average Bonchev–Trinajstić information content (AvgIpc) is 2.46. The van der Waals surface area contributed by atoms with Gasteiger partial charge in [-0.25, -0.2) is 8.78 Å². The van der Waals surface area contributed by atoms with Gasteiger partial charge in [0, 0.05) is 17.7 Å². The molecule has 0 heterocycles. The highest BCUT2D eigenvalue weighted by molar-refractivity contribution is 5.35. The van der Waals surface area contributed by atoms with E-state index in [1.54, 1.807) is 25.1 Å². The van der Waals surface area contributed by atoms with Crippen LogP contribution in [0.25, 0.3) is 0 Å². The van der Waals surface area contributed by atoms with E-state index in [4.69, 9.17) is 15.7 Å². The average molecular weight is 288 g/mol. The maximum absolute atomic E-state index is 13.7. The third kappa shape index (κ3) is 3.56. The third-order valence-corrected chi connectivity index (χ3v) is 3.02. The lowest BCUT2D eigenvalue weighted by Crippen LogP contribution is -2.07. The lowest BCUT2D eigenvalue weighted by atomic mass is 10.1. The van der Waals surface area contributed by atoms with Gasteiger partial charge in [-0.2, -0.15) is 5.26 Å². The number of nitriles is 1. The molecule has 0 saturated heterocycles. The third-order valence-electron chi connectivity index (χ3n) is 3.02. The van der Waals surface area contributed by atoms with E-state index < -0.39 is 17.7 Å². The number of nitrogens with zero attached hydrogens (tertiary/aromatic N) is 1. The van der Waals surface area contributed by atoms with Gasteiger partial charge in [0.2, 0.25) is 0 Å². The summed E-state index contributed by atoms with van der Waals surface area (Å²) < 4.78 is 32.4. The molecule has 5 heteroatoms. The first-order chi connectivity index (χ1) is 10.0. The zero-order valence-electron chi connectivity index (χ0n) is 11.4. The molecule has 0 fully saturated rings. The predicted octanol–water partition coefficient (Wildman–Crippen LogP) is 3.44. The van der Waals surface area contributed by atoms with Crippen molar-refractivity contribution in [3.8, 4) is 11.8 Å². The minimum Gasteiger partial charge on any atom is -0.489 e. The van der Waals surface area contributed by atoms with Gasteiger partial charge in [-0.3, -0.25) is 0 Å². The quantitative estimate of drug-likeness (QED) is 0.937. The van der Waals surface area contributed by atoms with Crippen molar-refractivity contribution in [1.29, 1.82) is 5.26 Å². The van der Waals surface area contributed by atoms with Crippen LogP contribution in [-0.2, 0) is 6.61 Å². The SMILES string of the molecule is CC(N)c1ccc(OCc2ccc(F)c(C#N)c2)cc1F. The van der Waals surface area contributed by atoms with Crippen LogP contribution >= 0.6 is 0 Å². The first-order valence-corrected chi connectivity index (χ1v) is 6.37. The fourth-order valence-electron chi connectivity index (χ4n) is 1.88. The Balaban J connectivity index is 2.10. The summed E-state index contributed by atoms with van der Waals surface area (Å²) in [7, 11) is 0. The van der Waals surface area contributed by atoms with Crippen molar-refractivity contribution >= 4 is 0 Å². The first-order valence-electron chi connectivity index (χ1n) is 6.37. The number of nitrogens with two attached hydrogens (primary N) is 1. The molecule has 1 unspecified atom stereocenters. The summed E-state index contributed by atoms with van der Waals surface area (Å²) in [5.74, 6) is -0.660. The topological polar surface area (TPSA) is 59.0 Å². The minimum absolute atomic E-state index is 0.0467. The van der Waals surface area contributed by atoms with Crippen molar-refractivity contribution in [2.75, 3.05) is 0 Å². The fraction of sp³-hybridized carbons (Fsp3) is 0.188. The van der Waals surface area contributed by atoms with E-state index in [0.29, 0.717) is 16.9 Å². The molecule has 1 atom stereocenters. The van der Waals surface area contributed by atoms with Crippen LogP contribution in [0.2, 0.25) is 0 Å². The Bertz CT molecular complexity index is 693. The number of hydrogen-bond donors (Lipinski definition) is 1. The second kappa shape index (κ2) is 6.33. The highest BCUT2D eigenvalue weighted by Gasteiger charge is 2.09. The van der Waals surface area contributed by atoms with Crippen LogP contribution in [0.4, 0.5) is 8.78 Å². The van der Waals surface area contributed by atoms with Crippen LogP contribution in [0, 0.1) is 23.0 Å². The summed E-state index contributed by atoms with van der Waals surface area (Å²) in [5, 5.41) is 8.75. The van der Waals surface area contributed by atoms with E-state index in [2.05, 4.69) is 0 Å². The lowest BCUT2D eigenvalue weighted by molar-refractivity contribution is 0.304. The summed E-state index contributed by atoms with van der Waals surface area (Å²) in [6, 6.07) is 9.94. The van der Waals surface area contributed by atoms with Crippen LogP contribution in [-0.4, -0.2) is 0 Å². The maximum atomic E-state index is 13.7. The Labute approximate surface area is 121 Å². The van der Waals surface area contributed by atoms with Gasteiger partial charge in [-0.15, -0.1) is 0 Å². The highest BCUT2D eigenvalue weighted by Crippen LogP contribution is 2.21. The Morgan fingerprint density at radius 3 is 2.57 bits per heavy atom. The van der Waals surface area contributed by atoms with Gasteiger partial charge >= 0.3 is 0 Å². The molecule has 0 bridgehead atoms. The fourth-order valence-corrected chi connectivity index (χ4v) is 1.88. The molecule has 0 aliphatic carbocycles. The standard InChI is InChI=1S/C16H14F2N2O/c1-10(20)14-4-3-13(7-16(14)18)21-9-11-2-5-15(17)12(6-11)8-19/h2-7,10H,9,20H2,1H3. The molecular weight excluding hydrogens is 274 g/mol. The van der Waals surface area contributed by atoms with Crippen molar-refractivity contribution < 1.29 is 13.5 Å². The molecule has 2 rings (SSSR count). The van der Waals surface area contributed by atoms with Crippen molar-refractivity contribution in [3.63, 3.8) is 0 Å². The Morgan fingerprint density at radius 1 is 1.19 bits per heavy atom. The molecule has 2 aromatic carbocycles.